The third kappa shape index (κ3) is 6.13. The number of carbonyl (C=O) groups excluding carboxylic acids is 1. The van der Waals surface area contributed by atoms with Gasteiger partial charge in [0, 0.05) is 13.1 Å². The van der Waals surface area contributed by atoms with Crippen molar-refractivity contribution in [3.8, 4) is 11.1 Å². The number of urea groups is 1. The van der Waals surface area contributed by atoms with Gasteiger partial charge in [-0.15, -0.1) is 16.9 Å². The predicted octanol–water partition coefficient (Wildman–Crippen LogP) is 5.46. The van der Waals surface area contributed by atoms with Crippen molar-refractivity contribution in [2.24, 2.45) is 5.92 Å². The lowest BCUT2D eigenvalue weighted by molar-refractivity contribution is 0.0500. The molecule has 0 radical (unpaired) electrons. The van der Waals surface area contributed by atoms with Crippen molar-refractivity contribution in [3.63, 3.8) is 0 Å². The van der Waals surface area contributed by atoms with Gasteiger partial charge in [-0.3, -0.25) is 4.90 Å². The van der Waals surface area contributed by atoms with E-state index < -0.39 is 6.23 Å². The summed E-state index contributed by atoms with van der Waals surface area (Å²) < 4.78 is 1.32. The molecule has 0 saturated carbocycles. The van der Waals surface area contributed by atoms with Crippen LogP contribution in [0.1, 0.15) is 37.6 Å². The number of carbonyl (C=O) groups is 1. The summed E-state index contributed by atoms with van der Waals surface area (Å²) in [4.78, 5) is 17.8. The van der Waals surface area contributed by atoms with Crippen molar-refractivity contribution in [1.29, 1.82) is 0 Å². The summed E-state index contributed by atoms with van der Waals surface area (Å²) in [6.45, 7) is 5.14. The molecule has 5 rings (SSSR count). The highest BCUT2D eigenvalue weighted by molar-refractivity contribution is 8.02. The first-order valence-corrected chi connectivity index (χ1v) is 14.9. The molecule has 0 bridgehead atoms. The van der Waals surface area contributed by atoms with Crippen LogP contribution < -0.4 is 5.32 Å². The molecule has 3 atom stereocenters. The largest absolute Gasteiger partial charge is 0.366 e. The molecule has 1 aliphatic rings. The number of nitrogens with zero attached hydrogens (tertiary/aromatic N) is 6. The zero-order valence-corrected chi connectivity index (χ0v) is 24.3. The van der Waals surface area contributed by atoms with Crippen molar-refractivity contribution >= 4 is 17.8 Å². The van der Waals surface area contributed by atoms with Gasteiger partial charge in [0.05, 0.1) is 5.70 Å². The molecule has 0 fully saturated rings. The summed E-state index contributed by atoms with van der Waals surface area (Å²) in [7, 11) is 0. The molecule has 2 heterocycles. The van der Waals surface area contributed by atoms with Crippen LogP contribution in [0.2, 0.25) is 0 Å². The first-order valence-electron chi connectivity index (χ1n) is 13.7. The molecular formula is C31H35N7O2S. The summed E-state index contributed by atoms with van der Waals surface area (Å²) in [5, 5.41) is 26.8. The molecule has 9 nitrogen and oxygen atoms in total. The van der Waals surface area contributed by atoms with E-state index in [1.807, 2.05) is 54.8 Å². The summed E-state index contributed by atoms with van der Waals surface area (Å²) in [6.07, 6.45) is 2.65. The van der Waals surface area contributed by atoms with Gasteiger partial charge >= 0.3 is 6.03 Å². The molecule has 2 amide bonds. The lowest BCUT2D eigenvalue weighted by Gasteiger charge is -2.38. The zero-order chi connectivity index (χ0) is 28.8. The van der Waals surface area contributed by atoms with Gasteiger partial charge in [-0.2, -0.15) is 4.68 Å². The zero-order valence-electron chi connectivity index (χ0n) is 23.5. The van der Waals surface area contributed by atoms with E-state index in [0.717, 1.165) is 28.7 Å². The Labute approximate surface area is 244 Å². The fourth-order valence-electron chi connectivity index (χ4n) is 5.17. The standard InChI is InChI=1S/C31H35N7O2S/c1-4-22(2)28-36(20-24-15-17-26(18-16-24)25-13-9-6-10-14-25)27(29(39)37-21-33-34-35-37)30(41-3)38(28)31(40)32-19-23-11-7-5-8-12-23/h5-18,21-22,28-29,39H,4,19-20H2,1-3H3,(H,32,40). The van der Waals surface area contributed by atoms with Gasteiger partial charge in [-0.1, -0.05) is 98.8 Å². The average Bonchev–Trinajstić information content (AvgIpc) is 3.67. The van der Waals surface area contributed by atoms with Crippen molar-refractivity contribution in [2.45, 2.75) is 45.8 Å². The van der Waals surface area contributed by atoms with Gasteiger partial charge < -0.3 is 15.3 Å². The van der Waals surface area contributed by atoms with Crippen LogP contribution >= 0.6 is 11.8 Å². The highest BCUT2D eigenvalue weighted by Crippen LogP contribution is 2.43. The molecule has 1 aliphatic heterocycles. The van der Waals surface area contributed by atoms with Crippen LogP contribution in [-0.4, -0.2) is 53.6 Å². The van der Waals surface area contributed by atoms with Gasteiger partial charge in [0.2, 0.25) is 0 Å². The van der Waals surface area contributed by atoms with Gasteiger partial charge in [-0.25, -0.2) is 4.79 Å². The van der Waals surface area contributed by atoms with Crippen LogP contribution in [-0.2, 0) is 13.1 Å². The summed E-state index contributed by atoms with van der Waals surface area (Å²) in [5.74, 6) is 0.0989. The van der Waals surface area contributed by atoms with Crippen molar-refractivity contribution in [3.05, 3.63) is 113 Å². The van der Waals surface area contributed by atoms with Crippen LogP contribution in [0, 0.1) is 5.92 Å². The second-order valence-electron chi connectivity index (χ2n) is 10.1. The van der Waals surface area contributed by atoms with E-state index in [2.05, 4.69) is 76.0 Å². The molecule has 3 unspecified atom stereocenters. The minimum absolute atomic E-state index is 0.0989. The molecule has 3 aromatic carbocycles. The monoisotopic (exact) mass is 569 g/mol. The number of aliphatic hydroxyl groups excluding tert-OH is 1. The molecule has 2 N–H and O–H groups in total. The highest BCUT2D eigenvalue weighted by atomic mass is 32.2. The van der Waals surface area contributed by atoms with Crippen molar-refractivity contribution < 1.29 is 9.90 Å². The van der Waals surface area contributed by atoms with Gasteiger partial charge in [-0.05, 0) is 51.3 Å². The minimum Gasteiger partial charge on any atom is -0.366 e. The number of hydrogen-bond acceptors (Lipinski definition) is 7. The van der Waals surface area contributed by atoms with Crippen LogP contribution in [0.5, 0.6) is 0 Å². The van der Waals surface area contributed by atoms with Gasteiger partial charge in [0.1, 0.15) is 17.5 Å². The Morgan fingerprint density at radius 3 is 2.24 bits per heavy atom. The predicted molar refractivity (Wildman–Crippen MR) is 161 cm³/mol. The first kappa shape index (κ1) is 28.4. The van der Waals surface area contributed by atoms with E-state index in [0.29, 0.717) is 23.8 Å². The SMILES string of the molecule is CCC(C)C1N(Cc2ccc(-c3ccccc3)cc2)C(C(O)n2cnnn2)=C(SC)N1C(=O)NCc1ccccc1. The topological polar surface area (TPSA) is 99.4 Å². The molecule has 41 heavy (non-hydrogen) atoms. The second-order valence-corrected chi connectivity index (χ2v) is 10.9. The third-order valence-electron chi connectivity index (χ3n) is 7.46. The molecule has 0 saturated heterocycles. The Bertz CT molecular complexity index is 1450. The van der Waals surface area contributed by atoms with Crippen molar-refractivity contribution in [1.82, 2.24) is 35.3 Å². The number of tetrazole rings is 1. The number of thioether (sulfide) groups is 1. The van der Waals surface area contributed by atoms with Crippen LogP contribution in [0.15, 0.2) is 102 Å². The fraction of sp³-hybridized carbons (Fsp3) is 0.290. The van der Waals surface area contributed by atoms with Crippen LogP contribution in [0.4, 0.5) is 4.79 Å². The maximum absolute atomic E-state index is 13.9. The van der Waals surface area contributed by atoms with E-state index in [1.165, 1.54) is 22.8 Å². The number of benzene rings is 3. The first-order chi connectivity index (χ1) is 20.0. The Hall–Kier alpha value is -4.15. The molecule has 212 valence electrons. The maximum atomic E-state index is 13.9. The van der Waals surface area contributed by atoms with Crippen molar-refractivity contribution in [2.75, 3.05) is 6.26 Å². The summed E-state index contributed by atoms with van der Waals surface area (Å²) >= 11 is 1.43. The van der Waals surface area contributed by atoms with E-state index >= 15 is 0 Å². The average molecular weight is 570 g/mol. The Morgan fingerprint density at radius 1 is 0.976 bits per heavy atom. The highest BCUT2D eigenvalue weighted by Gasteiger charge is 2.46. The minimum atomic E-state index is -1.17. The number of aliphatic hydroxyl groups is 1. The smallest absolute Gasteiger partial charge is 0.324 e. The summed E-state index contributed by atoms with van der Waals surface area (Å²) in [6, 6.07) is 28.3. The molecule has 4 aromatic rings. The summed E-state index contributed by atoms with van der Waals surface area (Å²) in [5.41, 5.74) is 4.95. The lowest BCUT2D eigenvalue weighted by Crippen LogP contribution is -2.50. The molecule has 10 heteroatoms. The fourth-order valence-corrected chi connectivity index (χ4v) is 5.99. The number of nitrogens with one attached hydrogen (secondary N) is 1. The van der Waals surface area contributed by atoms with E-state index in [1.54, 1.807) is 4.90 Å². The lowest BCUT2D eigenvalue weighted by atomic mass is 10.0. The number of amides is 2. The van der Waals surface area contributed by atoms with Gasteiger partial charge in [0.15, 0.2) is 6.23 Å². The Kier molecular flexibility index (Phi) is 9.01. The molecule has 0 spiro atoms. The Balaban J connectivity index is 1.51. The molecule has 1 aromatic heterocycles. The van der Waals surface area contributed by atoms with Crippen LogP contribution in [0.25, 0.3) is 11.1 Å². The van der Waals surface area contributed by atoms with Crippen LogP contribution in [0.3, 0.4) is 0 Å². The third-order valence-corrected chi connectivity index (χ3v) is 8.25. The molecule has 0 aliphatic carbocycles. The second kappa shape index (κ2) is 13.0. The number of hydrogen-bond donors (Lipinski definition) is 2. The maximum Gasteiger partial charge on any atom is 0.324 e. The molecular weight excluding hydrogens is 534 g/mol. The van der Waals surface area contributed by atoms with Gasteiger partial charge in [0.25, 0.3) is 0 Å². The quantitative estimate of drug-likeness (QED) is 0.262. The normalized spacial score (nSPS) is 16.6. The number of rotatable bonds is 10. The number of aromatic nitrogens is 4. The van der Waals surface area contributed by atoms with E-state index in [4.69, 9.17) is 0 Å². The van der Waals surface area contributed by atoms with E-state index in [9.17, 15) is 9.90 Å². The Morgan fingerprint density at radius 2 is 1.63 bits per heavy atom. The van der Waals surface area contributed by atoms with E-state index in [-0.39, 0.29) is 18.1 Å².